The summed E-state index contributed by atoms with van der Waals surface area (Å²) in [7, 11) is -1.84. The molecule has 5 N–H and O–H groups in total. The predicted octanol–water partition coefficient (Wildman–Crippen LogP) is 1.01. The minimum Gasteiger partial charge on any atom is -0.462 e. The summed E-state index contributed by atoms with van der Waals surface area (Å²) in [6, 6.07) is 6.51. The van der Waals surface area contributed by atoms with Crippen LogP contribution in [0, 0.1) is 0 Å². The second kappa shape index (κ2) is 6.97. The van der Waals surface area contributed by atoms with E-state index in [0.29, 0.717) is 11.3 Å². The molecule has 1 atom stereocenters. The number of amides is 1. The number of hydrogen-bond acceptors (Lipinski definition) is 8. The molecule has 0 aromatic heterocycles. The van der Waals surface area contributed by atoms with E-state index >= 15 is 0 Å². The highest BCUT2D eigenvalue weighted by molar-refractivity contribution is 7.58. The Morgan fingerprint density at radius 3 is 2.44 bits per heavy atom. The van der Waals surface area contributed by atoms with E-state index in [1.807, 2.05) is 0 Å². The average Bonchev–Trinajstić information content (AvgIpc) is 2.86. The molecule has 1 unspecified atom stereocenters. The zero-order chi connectivity index (χ0) is 18.8. The molecule has 0 saturated carbocycles. The van der Waals surface area contributed by atoms with Gasteiger partial charge in [-0.3, -0.25) is 9.36 Å². The Labute approximate surface area is 144 Å². The van der Waals surface area contributed by atoms with Gasteiger partial charge in [-0.05, 0) is 13.0 Å². The molecule has 0 bridgehead atoms. The largest absolute Gasteiger partial charge is 0.462 e. The minimum atomic E-state index is -4.04. The highest BCUT2D eigenvalue weighted by Gasteiger charge is 2.53. The molecule has 9 nitrogen and oxygen atoms in total. The molecule has 25 heavy (non-hydrogen) atoms. The van der Waals surface area contributed by atoms with Gasteiger partial charge in [0.2, 0.25) is 0 Å². The summed E-state index contributed by atoms with van der Waals surface area (Å²) in [5, 5.41) is 2.58. The lowest BCUT2D eigenvalue weighted by Crippen LogP contribution is -2.49. The van der Waals surface area contributed by atoms with Crippen LogP contribution < -0.4 is 16.8 Å². The second-order valence-electron chi connectivity index (χ2n) is 5.15. The third-order valence-electron chi connectivity index (χ3n) is 3.86. The average molecular weight is 369 g/mol. The molecule has 1 amide bonds. The molecule has 0 saturated heterocycles. The van der Waals surface area contributed by atoms with E-state index < -0.39 is 36.0 Å². The lowest BCUT2D eigenvalue weighted by molar-refractivity contribution is -0.140. The van der Waals surface area contributed by atoms with Crippen LogP contribution in [0.4, 0.5) is 5.69 Å². The van der Waals surface area contributed by atoms with E-state index in [1.54, 1.807) is 31.2 Å². The Hall–Kier alpha value is -2.19. The second-order valence-corrected chi connectivity index (χ2v) is 7.36. The number of esters is 1. The number of ether oxygens (including phenoxy) is 1. The van der Waals surface area contributed by atoms with Crippen LogP contribution in [-0.2, 0) is 33.5 Å². The highest BCUT2D eigenvalue weighted by Crippen LogP contribution is 2.55. The Balaban J connectivity index is 2.80. The van der Waals surface area contributed by atoms with Crippen molar-refractivity contribution >= 4 is 25.2 Å². The first-order valence-electron chi connectivity index (χ1n) is 7.35. The zero-order valence-electron chi connectivity index (χ0n) is 14.1. The quantitative estimate of drug-likeness (QED) is 0.383. The molecule has 0 fully saturated rings. The molecular formula is C15H20N3O6P. The van der Waals surface area contributed by atoms with Crippen LogP contribution in [-0.4, -0.2) is 32.7 Å². The van der Waals surface area contributed by atoms with Crippen molar-refractivity contribution in [2.24, 2.45) is 11.5 Å². The number of carbonyl (C=O) groups is 2. The Morgan fingerprint density at radius 2 is 1.88 bits per heavy atom. The fourth-order valence-electron chi connectivity index (χ4n) is 2.61. The van der Waals surface area contributed by atoms with E-state index in [4.69, 9.17) is 25.3 Å². The molecule has 10 heteroatoms. The number of carbonyl (C=O) groups excluding carboxylic acids is 2. The van der Waals surface area contributed by atoms with Crippen molar-refractivity contribution < 1.29 is 27.9 Å². The van der Waals surface area contributed by atoms with Crippen molar-refractivity contribution in [1.82, 2.24) is 0 Å². The fourth-order valence-corrected chi connectivity index (χ4v) is 3.69. The minimum absolute atomic E-state index is 0.000769. The molecule has 2 rings (SSSR count). The number of fused-ring (bicyclic) bond motifs is 1. The van der Waals surface area contributed by atoms with Crippen LogP contribution >= 0.6 is 7.60 Å². The van der Waals surface area contributed by atoms with Crippen LogP contribution in [0.25, 0.3) is 0 Å². The molecule has 1 aromatic carbocycles. The normalized spacial score (nSPS) is 20.6. The first-order chi connectivity index (χ1) is 11.8. The summed E-state index contributed by atoms with van der Waals surface area (Å²) in [4.78, 5) is 25.2. The van der Waals surface area contributed by atoms with Gasteiger partial charge in [-0.2, -0.15) is 0 Å². The number of rotatable bonds is 6. The Bertz CT molecular complexity index is 785. The molecular weight excluding hydrogens is 349 g/mol. The van der Waals surface area contributed by atoms with Gasteiger partial charge in [0.25, 0.3) is 5.91 Å². The first-order valence-corrected chi connectivity index (χ1v) is 8.89. The van der Waals surface area contributed by atoms with Gasteiger partial charge in [0.1, 0.15) is 11.0 Å². The molecule has 0 spiro atoms. The summed E-state index contributed by atoms with van der Waals surface area (Å²) >= 11 is 0. The van der Waals surface area contributed by atoms with Crippen LogP contribution in [0.2, 0.25) is 0 Å². The zero-order valence-corrected chi connectivity index (χ0v) is 15.0. The molecule has 1 heterocycles. The van der Waals surface area contributed by atoms with Crippen LogP contribution in [0.1, 0.15) is 12.5 Å². The number of nitrogens with one attached hydrogen (secondary N) is 1. The van der Waals surface area contributed by atoms with Crippen LogP contribution in [0.3, 0.4) is 0 Å². The van der Waals surface area contributed by atoms with Gasteiger partial charge in [-0.1, -0.05) is 18.2 Å². The van der Waals surface area contributed by atoms with E-state index in [9.17, 15) is 14.2 Å². The summed E-state index contributed by atoms with van der Waals surface area (Å²) < 4.78 is 27.4. The molecule has 0 radical (unpaired) electrons. The molecule has 1 aromatic rings. The number of hydrogen-bond donors (Lipinski definition) is 3. The van der Waals surface area contributed by atoms with Gasteiger partial charge in [0.15, 0.2) is 5.54 Å². The van der Waals surface area contributed by atoms with Crippen molar-refractivity contribution in [3.05, 3.63) is 40.8 Å². The van der Waals surface area contributed by atoms with Crippen LogP contribution in [0.15, 0.2) is 35.3 Å². The highest BCUT2D eigenvalue weighted by atomic mass is 31.2. The van der Waals surface area contributed by atoms with E-state index in [1.165, 1.54) is 0 Å². The molecule has 0 aliphatic carbocycles. The number of nitrogens with two attached hydrogens (primary N) is 2. The summed E-state index contributed by atoms with van der Waals surface area (Å²) in [5.41, 5.74) is 9.90. The smallest absolute Gasteiger partial charge is 0.376 e. The third-order valence-corrected chi connectivity index (χ3v) is 5.64. The lowest BCUT2D eigenvalue weighted by Gasteiger charge is -2.27. The van der Waals surface area contributed by atoms with Crippen LogP contribution in [0.5, 0.6) is 0 Å². The molecule has 136 valence electrons. The maximum absolute atomic E-state index is 12.7. The van der Waals surface area contributed by atoms with Gasteiger partial charge in [-0.15, -0.1) is 0 Å². The lowest BCUT2D eigenvalue weighted by atomic mass is 9.85. The topological polar surface area (TPSA) is 143 Å². The van der Waals surface area contributed by atoms with Crippen molar-refractivity contribution in [1.29, 1.82) is 0 Å². The number of para-hydroxylation sites is 1. The maximum atomic E-state index is 12.7. The van der Waals surface area contributed by atoms with Crippen molar-refractivity contribution in [2.45, 2.75) is 12.5 Å². The third kappa shape index (κ3) is 2.96. The summed E-state index contributed by atoms with van der Waals surface area (Å²) in [6.45, 7) is 1.57. The van der Waals surface area contributed by atoms with Gasteiger partial charge in [-0.25, -0.2) is 4.79 Å². The van der Waals surface area contributed by atoms with Gasteiger partial charge < -0.3 is 30.6 Å². The van der Waals surface area contributed by atoms with E-state index in [2.05, 4.69) is 5.32 Å². The predicted molar refractivity (Wildman–Crippen MR) is 90.4 cm³/mol. The van der Waals surface area contributed by atoms with Gasteiger partial charge >= 0.3 is 13.6 Å². The van der Waals surface area contributed by atoms with Crippen molar-refractivity contribution in [3.8, 4) is 0 Å². The SMILES string of the molecule is CCOC(=O)/C(=C(/N)P(=O)(OC)OC)C1(N)C(=O)Nc2ccccc21. The Kier molecular flexibility index (Phi) is 5.34. The Morgan fingerprint density at radius 1 is 1.28 bits per heavy atom. The molecule has 1 aliphatic heterocycles. The first kappa shape index (κ1) is 19.1. The van der Waals surface area contributed by atoms with Gasteiger partial charge in [0.05, 0.1) is 6.61 Å². The monoisotopic (exact) mass is 369 g/mol. The van der Waals surface area contributed by atoms with E-state index in [-0.39, 0.29) is 6.61 Å². The van der Waals surface area contributed by atoms with E-state index in [0.717, 1.165) is 14.2 Å². The molecule has 1 aliphatic rings. The number of benzene rings is 1. The standard InChI is InChI=1S/C15H20N3O6P/c1-4-24-13(19)11(12(16)25(21,22-2)23-3)15(17)9-7-5-6-8-10(9)18-14(15)20/h5-8H,4,16-17H2,1-3H3,(H,18,20)/b12-11+. The van der Waals surface area contributed by atoms with Crippen molar-refractivity contribution in [3.63, 3.8) is 0 Å². The maximum Gasteiger partial charge on any atom is 0.376 e. The fraction of sp³-hybridized carbons (Fsp3) is 0.333. The number of anilines is 1. The van der Waals surface area contributed by atoms with Crippen molar-refractivity contribution in [2.75, 3.05) is 26.1 Å². The summed E-state index contributed by atoms with van der Waals surface area (Å²) in [5.74, 6) is -1.69. The summed E-state index contributed by atoms with van der Waals surface area (Å²) in [6.07, 6.45) is 0. The van der Waals surface area contributed by atoms with Gasteiger partial charge in [0, 0.05) is 25.5 Å².